The van der Waals surface area contributed by atoms with Gasteiger partial charge in [0.15, 0.2) is 5.69 Å². The lowest BCUT2D eigenvalue weighted by atomic mass is 9.78. The summed E-state index contributed by atoms with van der Waals surface area (Å²) in [6.07, 6.45) is -7.04. The Kier molecular flexibility index (Phi) is 12.0. The number of thiophene rings is 1. The van der Waals surface area contributed by atoms with Crippen LogP contribution >= 0.6 is 11.3 Å². The second kappa shape index (κ2) is 15.9. The molecule has 2 aliphatic rings. The van der Waals surface area contributed by atoms with E-state index in [1.807, 2.05) is 0 Å². The van der Waals surface area contributed by atoms with E-state index in [0.717, 1.165) is 16.3 Å². The van der Waals surface area contributed by atoms with Crippen LogP contribution in [0.3, 0.4) is 0 Å². The second-order valence-electron chi connectivity index (χ2n) is 14.4. The van der Waals surface area contributed by atoms with Gasteiger partial charge in [0, 0.05) is 55.3 Å². The van der Waals surface area contributed by atoms with Crippen molar-refractivity contribution in [3.63, 3.8) is 0 Å². The third-order valence-electron chi connectivity index (χ3n) is 10.2. The lowest BCUT2D eigenvalue weighted by Crippen LogP contribution is -2.68. The predicted molar refractivity (Wildman–Crippen MR) is 186 cm³/mol. The molecule has 0 bridgehead atoms. The molecule has 298 valence electrons. The van der Waals surface area contributed by atoms with Crippen molar-refractivity contribution < 1.29 is 60.4 Å². The highest BCUT2D eigenvalue weighted by Crippen LogP contribution is 2.44. The van der Waals surface area contributed by atoms with Crippen LogP contribution in [-0.2, 0) is 27.5 Å². The maximum absolute atomic E-state index is 14.9. The maximum Gasteiger partial charge on any atom is 0.425 e. The van der Waals surface area contributed by atoms with Crippen LogP contribution in [0.2, 0.25) is 0 Å². The first-order valence-electron chi connectivity index (χ1n) is 17.7. The number of carbonyl (C=O) groups is 3. The van der Waals surface area contributed by atoms with E-state index in [0.29, 0.717) is 35.1 Å². The molecule has 2 amide bonds. The Morgan fingerprint density at radius 2 is 1.73 bits per heavy atom. The van der Waals surface area contributed by atoms with Crippen LogP contribution in [0, 0.1) is 17.7 Å². The van der Waals surface area contributed by atoms with Crippen molar-refractivity contribution >= 4 is 29.1 Å². The first-order chi connectivity index (χ1) is 25.7. The number of carboxylic acids is 1. The first-order valence-corrected chi connectivity index (χ1v) is 18.6. The van der Waals surface area contributed by atoms with Crippen molar-refractivity contribution in [2.24, 2.45) is 5.41 Å². The van der Waals surface area contributed by atoms with Gasteiger partial charge in [0.2, 0.25) is 5.60 Å². The zero-order chi connectivity index (χ0) is 40.4. The SMILES string of the molecule is CCCC1N(C(=O)c2nc#ccc2C(F)(F)F)CCCC1(Oc1csc(C(F)(F)F)c1)C(=O)N1CCC(O)(c2ccccc2OCCC(C)(C)C(=O)O)CC1. The molecule has 2 aliphatic heterocycles. The summed E-state index contributed by atoms with van der Waals surface area (Å²) in [4.78, 5) is 45.5. The summed E-state index contributed by atoms with van der Waals surface area (Å²) in [5.74, 6) is -2.79. The van der Waals surface area contributed by atoms with Crippen LogP contribution in [0.15, 0.2) is 41.8 Å². The third-order valence-corrected chi connectivity index (χ3v) is 11.2. The van der Waals surface area contributed by atoms with Gasteiger partial charge < -0.3 is 29.5 Å². The van der Waals surface area contributed by atoms with Gasteiger partial charge in [-0.2, -0.15) is 31.3 Å². The molecule has 2 fully saturated rings. The summed E-state index contributed by atoms with van der Waals surface area (Å²) < 4.78 is 95.3. The number of piperidine rings is 2. The Hall–Kier alpha value is -4.56. The lowest BCUT2D eigenvalue weighted by molar-refractivity contribution is -0.163. The number of nitrogens with zero attached hydrogens (tertiary/aromatic N) is 3. The van der Waals surface area contributed by atoms with E-state index < -0.39 is 68.9 Å². The summed E-state index contributed by atoms with van der Waals surface area (Å²) in [5, 5.41) is 22.5. The molecule has 5 rings (SSSR count). The number of alkyl halides is 6. The fourth-order valence-corrected chi connectivity index (χ4v) is 7.77. The Labute approximate surface area is 318 Å². The number of aromatic nitrogens is 1. The quantitative estimate of drug-likeness (QED) is 0.182. The molecule has 0 saturated carbocycles. The van der Waals surface area contributed by atoms with E-state index in [9.17, 15) is 50.9 Å². The molecule has 2 aromatic heterocycles. The number of ether oxygens (including phenoxy) is 2. The highest BCUT2D eigenvalue weighted by atomic mass is 32.1. The summed E-state index contributed by atoms with van der Waals surface area (Å²) in [6, 6.07) is 8.89. The Balaban J connectivity index is 1.47. The minimum Gasteiger partial charge on any atom is -0.493 e. The number of rotatable bonds is 12. The first kappa shape index (κ1) is 41.6. The molecule has 1 aromatic carbocycles. The molecule has 0 radical (unpaired) electrons. The van der Waals surface area contributed by atoms with Gasteiger partial charge in [0.1, 0.15) is 16.4 Å². The van der Waals surface area contributed by atoms with E-state index in [1.165, 1.54) is 4.90 Å². The number of carboxylic acid groups (broad SMARTS) is 1. The van der Waals surface area contributed by atoms with Gasteiger partial charge in [0.05, 0.1) is 29.2 Å². The number of aliphatic hydroxyl groups is 1. The second-order valence-corrected chi connectivity index (χ2v) is 15.3. The summed E-state index contributed by atoms with van der Waals surface area (Å²) >= 11 is 0.349. The van der Waals surface area contributed by atoms with Crippen LogP contribution in [-0.4, -0.2) is 80.7 Å². The largest absolute Gasteiger partial charge is 0.493 e. The molecule has 0 aliphatic carbocycles. The molecule has 4 heterocycles. The van der Waals surface area contributed by atoms with Crippen LogP contribution in [0.4, 0.5) is 26.3 Å². The van der Waals surface area contributed by atoms with Gasteiger partial charge in [-0.1, -0.05) is 31.5 Å². The van der Waals surface area contributed by atoms with Gasteiger partial charge in [-0.15, -0.1) is 11.3 Å². The lowest BCUT2D eigenvalue weighted by Gasteiger charge is -2.51. The number of likely N-dealkylation sites (tertiary alicyclic amines) is 2. The monoisotopic (exact) mass is 797 g/mol. The van der Waals surface area contributed by atoms with Crippen molar-refractivity contribution in [2.45, 2.75) is 95.3 Å². The molecular weight excluding hydrogens is 756 g/mol. The average molecular weight is 798 g/mol. The van der Waals surface area contributed by atoms with Crippen LogP contribution in [0.25, 0.3) is 0 Å². The Morgan fingerprint density at radius 3 is 2.35 bits per heavy atom. The summed E-state index contributed by atoms with van der Waals surface area (Å²) in [6.45, 7) is 4.70. The van der Waals surface area contributed by atoms with Crippen molar-refractivity contribution in [3.05, 3.63) is 75.7 Å². The van der Waals surface area contributed by atoms with E-state index in [2.05, 4.69) is 17.2 Å². The summed E-state index contributed by atoms with van der Waals surface area (Å²) in [5.41, 5.74) is -6.48. The van der Waals surface area contributed by atoms with Crippen molar-refractivity contribution in [2.75, 3.05) is 26.2 Å². The van der Waals surface area contributed by atoms with Gasteiger partial charge in [0.25, 0.3) is 11.8 Å². The maximum atomic E-state index is 14.9. The minimum atomic E-state index is -4.98. The smallest absolute Gasteiger partial charge is 0.425 e. The molecule has 2 N–H and O–H groups in total. The summed E-state index contributed by atoms with van der Waals surface area (Å²) in [7, 11) is 0. The number of para-hydroxylation sites is 1. The fourth-order valence-electron chi connectivity index (χ4n) is 7.09. The number of halogens is 6. The van der Waals surface area contributed by atoms with Crippen molar-refractivity contribution in [1.29, 1.82) is 0 Å². The molecule has 55 heavy (non-hydrogen) atoms. The fraction of sp³-hybridized carbons (Fsp3) is 0.526. The van der Waals surface area contributed by atoms with E-state index >= 15 is 0 Å². The highest BCUT2D eigenvalue weighted by molar-refractivity contribution is 7.10. The molecule has 10 nitrogen and oxygen atoms in total. The van der Waals surface area contributed by atoms with Crippen molar-refractivity contribution in [1.82, 2.24) is 14.8 Å². The molecule has 2 unspecified atom stereocenters. The molecular formula is C38H41F6N3O7S. The molecule has 3 aromatic rings. The standard InChI is InChI=1S/C38H41F6N3O7S/c1-4-9-28-36(54-24-22-29(55-23-24)38(42,43)44,13-8-18-47(28)31(48)30-26(37(39,40)41)11-7-17-45-30)32(49)46-19-14-35(52,15-20-46)25-10-5-6-12-27(25)53-21-16-34(2,3)33(50)51/h5-6,10-12,22-23,28,52H,4,8-9,13-16,18-21H2,1-3H3,(H,50,51). The zero-order valence-corrected chi connectivity index (χ0v) is 31.2. The van der Waals surface area contributed by atoms with Gasteiger partial charge in [-0.3, -0.25) is 14.4 Å². The average Bonchev–Trinajstić information content (AvgIpc) is 3.61. The molecule has 2 atom stereocenters. The number of hydrogen-bond donors (Lipinski definition) is 2. The zero-order valence-electron chi connectivity index (χ0n) is 30.4. The highest BCUT2D eigenvalue weighted by Gasteiger charge is 2.57. The molecule has 2 saturated heterocycles. The van der Waals surface area contributed by atoms with Crippen molar-refractivity contribution in [3.8, 4) is 11.5 Å². The third kappa shape index (κ3) is 8.80. The number of hydrogen-bond acceptors (Lipinski definition) is 8. The molecule has 17 heteroatoms. The van der Waals surface area contributed by atoms with Gasteiger partial charge in [-0.05, 0) is 58.1 Å². The normalized spacial score (nSPS) is 20.4. The minimum absolute atomic E-state index is 0.0111. The van der Waals surface area contributed by atoms with Gasteiger partial charge in [-0.25, -0.2) is 0 Å². The predicted octanol–water partition coefficient (Wildman–Crippen LogP) is 7.39. The van der Waals surface area contributed by atoms with Gasteiger partial charge >= 0.3 is 18.3 Å². The van der Waals surface area contributed by atoms with Crippen LogP contribution in [0.5, 0.6) is 11.5 Å². The molecule has 0 spiro atoms. The Morgan fingerprint density at radius 1 is 1.04 bits per heavy atom. The van der Waals surface area contributed by atoms with E-state index in [1.54, 1.807) is 45.0 Å². The van der Waals surface area contributed by atoms with E-state index in [-0.39, 0.29) is 70.5 Å². The Bertz CT molecular complexity index is 1860. The number of carbonyl (C=O) groups excluding carboxylic acids is 2. The number of amides is 2. The van der Waals surface area contributed by atoms with Crippen LogP contribution < -0.4 is 9.47 Å². The van der Waals surface area contributed by atoms with Crippen LogP contribution in [0.1, 0.15) is 92.2 Å². The van der Waals surface area contributed by atoms with E-state index in [4.69, 9.17) is 9.47 Å². The topological polar surface area (TPSA) is 130 Å². The number of benzene rings is 1. The number of aliphatic carboxylic acids is 1.